The Morgan fingerprint density at radius 2 is 2.21 bits per heavy atom. The fourth-order valence-electron chi connectivity index (χ4n) is 1.82. The summed E-state index contributed by atoms with van der Waals surface area (Å²) in [7, 11) is 0. The van der Waals surface area contributed by atoms with E-state index in [4.69, 9.17) is 5.84 Å². The fourth-order valence-corrected chi connectivity index (χ4v) is 2.54. The van der Waals surface area contributed by atoms with E-state index < -0.39 is 0 Å². The number of aryl methyl sites for hydroxylation is 1. The molecular formula is C13H19N5S. The molecule has 6 heteroatoms. The third-order valence-corrected chi connectivity index (χ3v) is 3.72. The lowest BCUT2D eigenvalue weighted by Gasteiger charge is -2.22. The van der Waals surface area contributed by atoms with Gasteiger partial charge in [-0.15, -0.1) is 11.3 Å². The Balaban J connectivity index is 2.26. The molecule has 0 bridgehead atoms. The van der Waals surface area contributed by atoms with E-state index in [0.29, 0.717) is 5.82 Å². The van der Waals surface area contributed by atoms with Crippen LogP contribution >= 0.6 is 11.3 Å². The summed E-state index contributed by atoms with van der Waals surface area (Å²) in [5.74, 6) is 7.84. The first kappa shape index (κ1) is 13.8. The fraction of sp³-hybridized carbons (Fsp3) is 0.385. The molecule has 0 fully saturated rings. The van der Waals surface area contributed by atoms with Crippen LogP contribution in [0.2, 0.25) is 0 Å². The van der Waals surface area contributed by atoms with Gasteiger partial charge >= 0.3 is 0 Å². The average molecular weight is 277 g/mol. The number of rotatable bonds is 6. The van der Waals surface area contributed by atoms with Crippen LogP contribution in [0.4, 0.5) is 11.6 Å². The maximum Gasteiger partial charge on any atom is 0.145 e. The topological polar surface area (TPSA) is 67.1 Å². The van der Waals surface area contributed by atoms with Crippen LogP contribution in [0.3, 0.4) is 0 Å². The first-order valence-corrected chi connectivity index (χ1v) is 7.26. The van der Waals surface area contributed by atoms with E-state index in [2.05, 4.69) is 44.7 Å². The maximum absolute atomic E-state index is 5.46. The highest BCUT2D eigenvalue weighted by atomic mass is 32.1. The number of nitrogens with one attached hydrogen (secondary N) is 1. The van der Waals surface area contributed by atoms with Crippen molar-refractivity contribution in [1.29, 1.82) is 0 Å². The SMILES string of the molecule is CCc1nc(NN)cc(N(CC)Cc2cccs2)n1. The van der Waals surface area contributed by atoms with Gasteiger partial charge in [0, 0.05) is 23.9 Å². The molecule has 2 heterocycles. The van der Waals surface area contributed by atoms with Crippen molar-refractivity contribution >= 4 is 23.0 Å². The van der Waals surface area contributed by atoms with E-state index in [1.165, 1.54) is 4.88 Å². The van der Waals surface area contributed by atoms with Gasteiger partial charge in [-0.1, -0.05) is 13.0 Å². The summed E-state index contributed by atoms with van der Waals surface area (Å²) in [6, 6.07) is 6.09. The Kier molecular flexibility index (Phi) is 4.70. The molecule has 0 aliphatic rings. The molecule has 0 radical (unpaired) electrons. The number of hydrazine groups is 1. The standard InChI is InChI=1S/C13H19N5S/c1-3-11-15-12(17-14)8-13(16-11)18(4-2)9-10-6-5-7-19-10/h5-8H,3-4,9,14H2,1-2H3,(H,15,16,17). The zero-order valence-electron chi connectivity index (χ0n) is 11.3. The van der Waals surface area contributed by atoms with Gasteiger partial charge in [0.1, 0.15) is 17.5 Å². The number of anilines is 2. The summed E-state index contributed by atoms with van der Waals surface area (Å²) in [5.41, 5.74) is 2.60. The highest BCUT2D eigenvalue weighted by Gasteiger charge is 2.10. The highest BCUT2D eigenvalue weighted by molar-refractivity contribution is 7.09. The minimum Gasteiger partial charge on any atom is -0.352 e. The van der Waals surface area contributed by atoms with Crippen molar-refractivity contribution in [3.63, 3.8) is 0 Å². The van der Waals surface area contributed by atoms with Gasteiger partial charge in [0.25, 0.3) is 0 Å². The van der Waals surface area contributed by atoms with Crippen molar-refractivity contribution in [3.05, 3.63) is 34.3 Å². The Labute approximate surface area is 117 Å². The van der Waals surface area contributed by atoms with Gasteiger partial charge in [-0.3, -0.25) is 0 Å². The molecule has 0 spiro atoms. The molecule has 3 N–H and O–H groups in total. The van der Waals surface area contributed by atoms with Crippen LogP contribution in [0.15, 0.2) is 23.6 Å². The number of nitrogens with two attached hydrogens (primary N) is 1. The van der Waals surface area contributed by atoms with Gasteiger partial charge in [0.05, 0.1) is 6.54 Å². The Hall–Kier alpha value is -1.66. The number of nitrogens with zero attached hydrogens (tertiary/aromatic N) is 3. The van der Waals surface area contributed by atoms with Crippen molar-refractivity contribution < 1.29 is 0 Å². The molecule has 2 aromatic heterocycles. The normalized spacial score (nSPS) is 10.5. The zero-order valence-corrected chi connectivity index (χ0v) is 12.1. The minimum absolute atomic E-state index is 0.659. The average Bonchev–Trinajstić information content (AvgIpc) is 2.97. The molecular weight excluding hydrogens is 258 g/mol. The van der Waals surface area contributed by atoms with Gasteiger partial charge in [-0.25, -0.2) is 15.8 Å². The molecule has 19 heavy (non-hydrogen) atoms. The molecule has 0 saturated heterocycles. The van der Waals surface area contributed by atoms with Gasteiger partial charge in [0.15, 0.2) is 0 Å². The maximum atomic E-state index is 5.46. The largest absolute Gasteiger partial charge is 0.352 e. The molecule has 0 saturated carbocycles. The van der Waals surface area contributed by atoms with Crippen LogP contribution in [0.25, 0.3) is 0 Å². The highest BCUT2D eigenvalue weighted by Crippen LogP contribution is 2.20. The summed E-state index contributed by atoms with van der Waals surface area (Å²) in [4.78, 5) is 12.4. The predicted octanol–water partition coefficient (Wildman–Crippen LogP) is 2.41. The van der Waals surface area contributed by atoms with Crippen LogP contribution < -0.4 is 16.2 Å². The molecule has 0 aliphatic heterocycles. The second-order valence-electron chi connectivity index (χ2n) is 4.12. The van der Waals surface area contributed by atoms with Crippen molar-refractivity contribution in [2.45, 2.75) is 26.8 Å². The Bertz CT molecular complexity index is 490. The lowest BCUT2D eigenvalue weighted by molar-refractivity contribution is 0.804. The van der Waals surface area contributed by atoms with Gasteiger partial charge in [-0.2, -0.15) is 0 Å². The zero-order chi connectivity index (χ0) is 13.7. The van der Waals surface area contributed by atoms with Crippen LogP contribution in [0.1, 0.15) is 24.5 Å². The smallest absolute Gasteiger partial charge is 0.145 e. The summed E-state index contributed by atoms with van der Waals surface area (Å²) < 4.78 is 0. The summed E-state index contributed by atoms with van der Waals surface area (Å²) in [6.45, 7) is 5.91. The number of nitrogen functional groups attached to an aromatic ring is 1. The number of thiophene rings is 1. The summed E-state index contributed by atoms with van der Waals surface area (Å²) in [5, 5.41) is 2.09. The predicted molar refractivity (Wildman–Crippen MR) is 80.3 cm³/mol. The lowest BCUT2D eigenvalue weighted by Crippen LogP contribution is -2.24. The molecule has 0 aliphatic carbocycles. The van der Waals surface area contributed by atoms with Gasteiger partial charge in [-0.05, 0) is 18.4 Å². The molecule has 2 aromatic rings. The quantitative estimate of drug-likeness (QED) is 0.627. The van der Waals surface area contributed by atoms with Gasteiger partial charge in [0.2, 0.25) is 0 Å². The van der Waals surface area contributed by atoms with Crippen molar-refractivity contribution in [2.75, 3.05) is 16.9 Å². The van der Waals surface area contributed by atoms with E-state index in [-0.39, 0.29) is 0 Å². The van der Waals surface area contributed by atoms with Gasteiger partial charge < -0.3 is 10.3 Å². The molecule has 0 amide bonds. The van der Waals surface area contributed by atoms with Crippen LogP contribution in [-0.2, 0) is 13.0 Å². The third kappa shape index (κ3) is 3.42. The first-order chi connectivity index (χ1) is 9.26. The molecule has 102 valence electrons. The van der Waals surface area contributed by atoms with E-state index >= 15 is 0 Å². The number of hydrogen-bond donors (Lipinski definition) is 2. The van der Waals surface area contributed by atoms with E-state index in [1.54, 1.807) is 11.3 Å². The van der Waals surface area contributed by atoms with E-state index in [0.717, 1.165) is 31.2 Å². The van der Waals surface area contributed by atoms with Crippen LogP contribution in [-0.4, -0.2) is 16.5 Å². The van der Waals surface area contributed by atoms with Crippen LogP contribution in [0, 0.1) is 0 Å². The lowest BCUT2D eigenvalue weighted by atomic mass is 10.3. The molecule has 0 atom stereocenters. The van der Waals surface area contributed by atoms with Crippen LogP contribution in [0.5, 0.6) is 0 Å². The molecule has 2 rings (SSSR count). The monoisotopic (exact) mass is 277 g/mol. The molecule has 5 nitrogen and oxygen atoms in total. The Morgan fingerprint density at radius 1 is 1.37 bits per heavy atom. The van der Waals surface area contributed by atoms with Crippen molar-refractivity contribution in [1.82, 2.24) is 9.97 Å². The van der Waals surface area contributed by atoms with E-state index in [9.17, 15) is 0 Å². The molecule has 0 aromatic carbocycles. The number of hydrogen-bond acceptors (Lipinski definition) is 6. The third-order valence-electron chi connectivity index (χ3n) is 2.86. The molecule has 0 unspecified atom stereocenters. The summed E-state index contributed by atoms with van der Waals surface area (Å²) in [6.07, 6.45) is 0.791. The Morgan fingerprint density at radius 3 is 2.79 bits per heavy atom. The minimum atomic E-state index is 0.659. The van der Waals surface area contributed by atoms with E-state index in [1.807, 2.05) is 13.0 Å². The second kappa shape index (κ2) is 6.49. The second-order valence-corrected chi connectivity index (χ2v) is 5.15. The van der Waals surface area contributed by atoms with Crippen molar-refractivity contribution in [3.8, 4) is 0 Å². The number of aromatic nitrogens is 2. The summed E-state index contributed by atoms with van der Waals surface area (Å²) >= 11 is 1.76. The van der Waals surface area contributed by atoms with Crippen molar-refractivity contribution in [2.24, 2.45) is 5.84 Å². The first-order valence-electron chi connectivity index (χ1n) is 6.38.